The summed E-state index contributed by atoms with van der Waals surface area (Å²) in [6, 6.07) is 5.38. The summed E-state index contributed by atoms with van der Waals surface area (Å²) in [6.07, 6.45) is 5.39. The van der Waals surface area contributed by atoms with E-state index in [1.165, 1.54) is 24.3 Å². The minimum Gasteiger partial charge on any atom is -0.359 e. The highest BCUT2D eigenvalue weighted by molar-refractivity contribution is 5.77. The molecule has 0 spiro atoms. The molecular weight excluding hydrogens is 279 g/mol. The predicted octanol–water partition coefficient (Wildman–Crippen LogP) is 3.97. The number of benzene rings is 1. The summed E-state index contributed by atoms with van der Waals surface area (Å²) >= 11 is 0. The van der Waals surface area contributed by atoms with Crippen LogP contribution in [-0.4, -0.2) is 13.0 Å². The van der Waals surface area contributed by atoms with Crippen molar-refractivity contribution in [1.82, 2.24) is 5.32 Å². The molecule has 112 valence electrons. The van der Waals surface area contributed by atoms with E-state index in [0.717, 1.165) is 6.07 Å². The number of hydrogen-bond donors (Lipinski definition) is 1. The molecule has 1 amide bonds. The van der Waals surface area contributed by atoms with Crippen molar-refractivity contribution < 1.29 is 18.0 Å². The molecule has 1 aromatic rings. The number of nitrogens with one attached hydrogen (secondary N) is 1. The molecule has 0 atom stereocenters. The van der Waals surface area contributed by atoms with Crippen molar-refractivity contribution in [2.24, 2.45) is 0 Å². The van der Waals surface area contributed by atoms with Gasteiger partial charge in [-0.15, -0.1) is 0 Å². The zero-order valence-electron chi connectivity index (χ0n) is 11.5. The summed E-state index contributed by atoms with van der Waals surface area (Å²) in [5.41, 5.74) is -0.547. The molecule has 5 heteroatoms. The highest BCUT2D eigenvalue weighted by Crippen LogP contribution is 2.32. The van der Waals surface area contributed by atoms with Crippen molar-refractivity contribution in [2.75, 3.05) is 7.05 Å². The molecule has 0 unspecified atom stereocenters. The maximum absolute atomic E-state index is 12.7. The molecule has 0 heterocycles. The standard InChI is InChI=1S/C16H16F3NO/c1-20-15(21)12-6-4-2-3-5-9-13-10-7-8-11-14(13)16(17,18)19/h2-11H,12H2,1H3,(H,20,21)/b3-2-,6-4+,9-5+. The van der Waals surface area contributed by atoms with E-state index < -0.39 is 11.7 Å². The van der Waals surface area contributed by atoms with E-state index in [2.05, 4.69) is 5.32 Å². The van der Waals surface area contributed by atoms with E-state index in [9.17, 15) is 18.0 Å². The maximum atomic E-state index is 12.7. The Bertz CT molecular complexity index is 557. The Hall–Kier alpha value is -2.30. The van der Waals surface area contributed by atoms with Gasteiger partial charge in [-0.05, 0) is 11.6 Å². The fourth-order valence-electron chi connectivity index (χ4n) is 1.54. The van der Waals surface area contributed by atoms with E-state index in [1.54, 1.807) is 37.4 Å². The molecule has 1 rings (SSSR count). The van der Waals surface area contributed by atoms with Crippen LogP contribution in [0.2, 0.25) is 0 Å². The minimum absolute atomic E-state index is 0.103. The molecule has 0 bridgehead atoms. The monoisotopic (exact) mass is 295 g/mol. The predicted molar refractivity (Wildman–Crippen MR) is 77.4 cm³/mol. The molecule has 0 radical (unpaired) electrons. The van der Waals surface area contributed by atoms with Crippen LogP contribution in [0.5, 0.6) is 0 Å². The second-order valence-electron chi connectivity index (χ2n) is 4.13. The van der Waals surface area contributed by atoms with Gasteiger partial charge in [0.25, 0.3) is 0 Å². The van der Waals surface area contributed by atoms with Gasteiger partial charge < -0.3 is 5.32 Å². The average Bonchev–Trinajstić information content (AvgIpc) is 2.45. The van der Waals surface area contributed by atoms with Crippen LogP contribution in [0.4, 0.5) is 13.2 Å². The van der Waals surface area contributed by atoms with Gasteiger partial charge in [-0.25, -0.2) is 0 Å². The van der Waals surface area contributed by atoms with Crippen LogP contribution < -0.4 is 5.32 Å². The molecule has 1 aromatic carbocycles. The molecule has 0 fully saturated rings. The summed E-state index contributed by atoms with van der Waals surface area (Å²) in [4.78, 5) is 10.9. The van der Waals surface area contributed by atoms with E-state index >= 15 is 0 Å². The third-order valence-electron chi connectivity index (χ3n) is 2.59. The lowest BCUT2D eigenvalue weighted by Crippen LogP contribution is -2.15. The molecule has 1 N–H and O–H groups in total. The van der Waals surface area contributed by atoms with Crippen LogP contribution in [0.25, 0.3) is 6.08 Å². The number of allylic oxidation sites excluding steroid dienone is 4. The number of carbonyl (C=O) groups excluding carboxylic acids is 1. The van der Waals surface area contributed by atoms with Gasteiger partial charge in [0, 0.05) is 13.5 Å². The Morgan fingerprint density at radius 2 is 1.81 bits per heavy atom. The van der Waals surface area contributed by atoms with Crippen molar-refractivity contribution >= 4 is 12.0 Å². The van der Waals surface area contributed by atoms with Gasteiger partial charge in [-0.3, -0.25) is 4.79 Å². The number of carbonyl (C=O) groups is 1. The van der Waals surface area contributed by atoms with Crippen LogP contribution in [0.3, 0.4) is 0 Å². The summed E-state index contributed by atoms with van der Waals surface area (Å²) in [5, 5.41) is 2.47. The Morgan fingerprint density at radius 3 is 2.48 bits per heavy atom. The fraction of sp³-hybridized carbons (Fsp3) is 0.188. The molecule has 0 aliphatic heterocycles. The highest BCUT2D eigenvalue weighted by atomic mass is 19.4. The lowest BCUT2D eigenvalue weighted by atomic mass is 10.1. The number of halogens is 3. The van der Waals surface area contributed by atoms with Crippen LogP contribution in [0.15, 0.2) is 54.6 Å². The number of rotatable bonds is 5. The van der Waals surface area contributed by atoms with Gasteiger partial charge >= 0.3 is 6.18 Å². The summed E-state index contributed by atoms with van der Waals surface area (Å²) < 4.78 is 38.2. The van der Waals surface area contributed by atoms with E-state index in [1.807, 2.05) is 0 Å². The van der Waals surface area contributed by atoms with E-state index in [-0.39, 0.29) is 17.9 Å². The number of hydrogen-bond acceptors (Lipinski definition) is 1. The van der Waals surface area contributed by atoms with E-state index in [0.29, 0.717) is 0 Å². The normalized spacial score (nSPS) is 12.6. The Balaban J connectivity index is 2.64. The Kier molecular flexibility index (Phi) is 6.46. The van der Waals surface area contributed by atoms with Gasteiger partial charge in [0.1, 0.15) is 0 Å². The fourth-order valence-corrected chi connectivity index (χ4v) is 1.54. The zero-order valence-corrected chi connectivity index (χ0v) is 11.5. The van der Waals surface area contributed by atoms with Gasteiger partial charge in [0.2, 0.25) is 5.91 Å². The first-order valence-electron chi connectivity index (χ1n) is 6.32. The topological polar surface area (TPSA) is 29.1 Å². The number of amides is 1. The molecule has 0 aliphatic carbocycles. The van der Waals surface area contributed by atoms with Crippen molar-refractivity contribution in [3.05, 3.63) is 65.8 Å². The van der Waals surface area contributed by atoms with Gasteiger partial charge in [0.05, 0.1) is 5.56 Å². The lowest BCUT2D eigenvalue weighted by molar-refractivity contribution is -0.137. The van der Waals surface area contributed by atoms with Crippen molar-refractivity contribution in [2.45, 2.75) is 12.6 Å². The summed E-state index contributed by atoms with van der Waals surface area (Å²) in [7, 11) is 1.55. The summed E-state index contributed by atoms with van der Waals surface area (Å²) in [6.45, 7) is 0. The van der Waals surface area contributed by atoms with Crippen molar-refractivity contribution in [3.63, 3.8) is 0 Å². The SMILES string of the molecule is CNC(=O)C/C=C/C=C\C=C\c1ccccc1C(F)(F)F. The van der Waals surface area contributed by atoms with Crippen LogP contribution in [0, 0.1) is 0 Å². The largest absolute Gasteiger partial charge is 0.416 e. The molecule has 0 saturated carbocycles. The first-order valence-corrected chi connectivity index (χ1v) is 6.32. The van der Waals surface area contributed by atoms with Crippen molar-refractivity contribution in [1.29, 1.82) is 0 Å². The lowest BCUT2D eigenvalue weighted by Gasteiger charge is -2.09. The van der Waals surface area contributed by atoms with Crippen LogP contribution >= 0.6 is 0 Å². The molecule has 0 aliphatic rings. The average molecular weight is 295 g/mol. The molecule has 21 heavy (non-hydrogen) atoms. The Labute approximate surface area is 121 Å². The molecule has 0 aromatic heterocycles. The van der Waals surface area contributed by atoms with Gasteiger partial charge in [0.15, 0.2) is 0 Å². The third-order valence-corrected chi connectivity index (χ3v) is 2.59. The van der Waals surface area contributed by atoms with E-state index in [4.69, 9.17) is 0 Å². The highest BCUT2D eigenvalue weighted by Gasteiger charge is 2.32. The zero-order chi connectivity index (χ0) is 15.7. The van der Waals surface area contributed by atoms with Gasteiger partial charge in [-0.2, -0.15) is 13.2 Å². The first-order chi connectivity index (χ1) is 9.95. The first kappa shape index (κ1) is 16.8. The number of alkyl halides is 3. The maximum Gasteiger partial charge on any atom is 0.416 e. The minimum atomic E-state index is -4.36. The van der Waals surface area contributed by atoms with Crippen LogP contribution in [0.1, 0.15) is 17.5 Å². The second kappa shape index (κ2) is 8.09. The molecule has 0 saturated heterocycles. The smallest absolute Gasteiger partial charge is 0.359 e. The Morgan fingerprint density at radius 1 is 1.14 bits per heavy atom. The van der Waals surface area contributed by atoms with Crippen molar-refractivity contribution in [3.8, 4) is 0 Å². The quantitative estimate of drug-likeness (QED) is 0.818. The second-order valence-corrected chi connectivity index (χ2v) is 4.13. The van der Waals surface area contributed by atoms with Crippen LogP contribution in [-0.2, 0) is 11.0 Å². The third kappa shape index (κ3) is 6.12. The van der Waals surface area contributed by atoms with Gasteiger partial charge in [-0.1, -0.05) is 54.7 Å². The summed E-state index contributed by atoms with van der Waals surface area (Å²) in [5.74, 6) is -0.103. The molecular formula is C16H16F3NO. The molecule has 2 nitrogen and oxygen atoms in total.